The van der Waals surface area contributed by atoms with E-state index in [1.54, 1.807) is 6.07 Å². The second-order valence-corrected chi connectivity index (χ2v) is 4.91. The molecule has 0 radical (unpaired) electrons. The Morgan fingerprint density at radius 1 is 1.14 bits per heavy atom. The van der Waals surface area contributed by atoms with Gasteiger partial charge < -0.3 is 10.3 Å². The minimum Gasteiger partial charge on any atom is -0.315 e. The summed E-state index contributed by atoms with van der Waals surface area (Å²) in [5.74, 6) is 0.755. The van der Waals surface area contributed by atoms with Crippen LogP contribution in [0.15, 0.2) is 29.1 Å². The first-order chi connectivity index (χ1) is 9.33. The van der Waals surface area contributed by atoms with Crippen LogP contribution in [0.1, 0.15) is 12.2 Å². The van der Waals surface area contributed by atoms with Crippen molar-refractivity contribution >= 4 is 35.7 Å². The predicted octanol–water partition coefficient (Wildman–Crippen LogP) is 1.56. The Labute approximate surface area is 136 Å². The maximum Gasteiger partial charge on any atom is 0.258 e. The van der Waals surface area contributed by atoms with Crippen molar-refractivity contribution in [3.05, 3.63) is 40.4 Å². The van der Waals surface area contributed by atoms with Gasteiger partial charge in [-0.3, -0.25) is 9.69 Å². The van der Waals surface area contributed by atoms with Crippen LogP contribution in [0.2, 0.25) is 0 Å². The molecule has 0 unspecified atom stereocenters. The molecular weight excluding hydrogens is 311 g/mol. The lowest BCUT2D eigenvalue weighted by Gasteiger charge is -2.18. The SMILES string of the molecule is Cl.Cl.O=c1[nH]c(CN2CCCNCC2)nc2ccccc12. The highest BCUT2D eigenvalue weighted by atomic mass is 35.5. The third-order valence-corrected chi connectivity index (χ3v) is 3.47. The van der Waals surface area contributed by atoms with Gasteiger partial charge in [-0.2, -0.15) is 0 Å². The summed E-state index contributed by atoms with van der Waals surface area (Å²) in [6.45, 7) is 4.82. The third-order valence-electron chi connectivity index (χ3n) is 3.47. The third kappa shape index (κ3) is 4.41. The van der Waals surface area contributed by atoms with Crippen molar-refractivity contribution in [2.45, 2.75) is 13.0 Å². The number of aromatic amines is 1. The van der Waals surface area contributed by atoms with Crippen molar-refractivity contribution in [3.8, 4) is 0 Å². The number of nitrogens with one attached hydrogen (secondary N) is 2. The molecule has 0 atom stereocenters. The summed E-state index contributed by atoms with van der Waals surface area (Å²) in [6.07, 6.45) is 1.14. The van der Waals surface area contributed by atoms with Gasteiger partial charge in [0.05, 0.1) is 17.4 Å². The molecule has 1 aliphatic rings. The highest BCUT2D eigenvalue weighted by molar-refractivity contribution is 5.85. The first-order valence-electron chi connectivity index (χ1n) is 6.74. The summed E-state index contributed by atoms with van der Waals surface area (Å²) >= 11 is 0. The van der Waals surface area contributed by atoms with Crippen LogP contribution in [-0.2, 0) is 6.54 Å². The Morgan fingerprint density at radius 2 is 1.95 bits per heavy atom. The summed E-state index contributed by atoms with van der Waals surface area (Å²) in [5.41, 5.74) is 0.725. The van der Waals surface area contributed by atoms with Gasteiger partial charge in [-0.15, -0.1) is 24.8 Å². The van der Waals surface area contributed by atoms with E-state index in [1.165, 1.54) is 0 Å². The van der Waals surface area contributed by atoms with E-state index in [1.807, 2.05) is 18.2 Å². The highest BCUT2D eigenvalue weighted by Crippen LogP contribution is 2.07. The molecule has 0 amide bonds. The Hall–Kier alpha value is -1.14. The molecule has 1 aromatic heterocycles. The fourth-order valence-corrected chi connectivity index (χ4v) is 2.48. The van der Waals surface area contributed by atoms with Crippen molar-refractivity contribution in [1.29, 1.82) is 0 Å². The van der Waals surface area contributed by atoms with Crippen LogP contribution >= 0.6 is 24.8 Å². The molecule has 5 nitrogen and oxygen atoms in total. The van der Waals surface area contributed by atoms with Crippen LogP contribution in [0.4, 0.5) is 0 Å². The average molecular weight is 331 g/mol. The molecule has 0 spiro atoms. The van der Waals surface area contributed by atoms with Gasteiger partial charge in [0.15, 0.2) is 0 Å². The van der Waals surface area contributed by atoms with Crippen molar-refractivity contribution in [2.75, 3.05) is 26.2 Å². The topological polar surface area (TPSA) is 61.0 Å². The van der Waals surface area contributed by atoms with Gasteiger partial charge in [-0.25, -0.2) is 4.98 Å². The molecule has 7 heteroatoms. The van der Waals surface area contributed by atoms with Crippen molar-refractivity contribution < 1.29 is 0 Å². The van der Waals surface area contributed by atoms with Crippen molar-refractivity contribution in [3.63, 3.8) is 0 Å². The molecule has 2 aromatic rings. The van der Waals surface area contributed by atoms with E-state index in [0.29, 0.717) is 11.9 Å². The minimum absolute atomic E-state index is 0. The second-order valence-electron chi connectivity index (χ2n) is 4.91. The number of aromatic nitrogens is 2. The Kier molecular flexibility index (Phi) is 7.11. The highest BCUT2D eigenvalue weighted by Gasteiger charge is 2.11. The van der Waals surface area contributed by atoms with Gasteiger partial charge in [0, 0.05) is 13.1 Å². The van der Waals surface area contributed by atoms with Crippen molar-refractivity contribution in [1.82, 2.24) is 20.2 Å². The zero-order valence-corrected chi connectivity index (χ0v) is 13.3. The van der Waals surface area contributed by atoms with E-state index in [4.69, 9.17) is 0 Å². The fraction of sp³-hybridized carbons (Fsp3) is 0.429. The van der Waals surface area contributed by atoms with Crippen LogP contribution in [-0.4, -0.2) is 41.0 Å². The summed E-state index contributed by atoms with van der Waals surface area (Å²) in [7, 11) is 0. The number of hydrogen-bond acceptors (Lipinski definition) is 4. The molecule has 2 N–H and O–H groups in total. The Bertz CT molecular complexity index is 624. The largest absolute Gasteiger partial charge is 0.315 e. The van der Waals surface area contributed by atoms with E-state index in [0.717, 1.165) is 43.9 Å². The van der Waals surface area contributed by atoms with E-state index in [-0.39, 0.29) is 30.4 Å². The van der Waals surface area contributed by atoms with Gasteiger partial charge in [-0.1, -0.05) is 12.1 Å². The van der Waals surface area contributed by atoms with Crippen LogP contribution in [0.5, 0.6) is 0 Å². The van der Waals surface area contributed by atoms with Gasteiger partial charge in [0.25, 0.3) is 5.56 Å². The lowest BCUT2D eigenvalue weighted by atomic mass is 10.2. The molecule has 21 heavy (non-hydrogen) atoms. The standard InChI is InChI=1S/C14H18N4O.2ClH/c19-14-11-4-1-2-5-12(11)16-13(17-14)10-18-8-3-6-15-7-9-18;;/h1-2,4-5,15H,3,6-10H2,(H,16,17,19);2*1H. The lowest BCUT2D eigenvalue weighted by Crippen LogP contribution is -2.29. The molecule has 0 aliphatic carbocycles. The van der Waals surface area contributed by atoms with E-state index < -0.39 is 0 Å². The zero-order valence-electron chi connectivity index (χ0n) is 11.7. The number of H-pyrrole nitrogens is 1. The molecule has 0 saturated carbocycles. The molecule has 116 valence electrons. The smallest absolute Gasteiger partial charge is 0.258 e. The molecule has 2 heterocycles. The molecule has 3 rings (SSSR count). The molecule has 1 saturated heterocycles. The zero-order chi connectivity index (χ0) is 13.1. The Morgan fingerprint density at radius 3 is 2.81 bits per heavy atom. The van der Waals surface area contributed by atoms with Gasteiger partial charge in [0.1, 0.15) is 5.82 Å². The van der Waals surface area contributed by atoms with Gasteiger partial charge in [0.2, 0.25) is 0 Å². The van der Waals surface area contributed by atoms with E-state index >= 15 is 0 Å². The monoisotopic (exact) mass is 330 g/mol. The number of benzene rings is 1. The van der Waals surface area contributed by atoms with E-state index in [9.17, 15) is 4.79 Å². The first-order valence-corrected chi connectivity index (χ1v) is 6.74. The Balaban J connectivity index is 0.00000110. The normalized spacial score (nSPS) is 15.8. The predicted molar refractivity (Wildman–Crippen MR) is 89.6 cm³/mol. The lowest BCUT2D eigenvalue weighted by molar-refractivity contribution is 0.277. The quantitative estimate of drug-likeness (QED) is 0.877. The number of fused-ring (bicyclic) bond motifs is 1. The summed E-state index contributed by atoms with van der Waals surface area (Å²) in [4.78, 5) is 21.7. The maximum atomic E-state index is 12.0. The van der Waals surface area contributed by atoms with Crippen molar-refractivity contribution in [2.24, 2.45) is 0 Å². The first kappa shape index (κ1) is 17.9. The number of nitrogens with zero attached hydrogens (tertiary/aromatic N) is 2. The molecule has 1 fully saturated rings. The maximum absolute atomic E-state index is 12.0. The number of hydrogen-bond donors (Lipinski definition) is 2. The van der Waals surface area contributed by atoms with E-state index in [2.05, 4.69) is 20.2 Å². The van der Waals surface area contributed by atoms with Crippen LogP contribution in [0.3, 0.4) is 0 Å². The summed E-state index contributed by atoms with van der Waals surface area (Å²) < 4.78 is 0. The summed E-state index contributed by atoms with van der Waals surface area (Å²) in [6, 6.07) is 7.46. The van der Waals surface area contributed by atoms with Crippen LogP contribution in [0, 0.1) is 0 Å². The number of para-hydroxylation sites is 1. The fourth-order valence-electron chi connectivity index (χ4n) is 2.48. The second kappa shape index (κ2) is 8.34. The summed E-state index contributed by atoms with van der Waals surface area (Å²) in [5, 5.41) is 4.03. The number of rotatable bonds is 2. The van der Waals surface area contributed by atoms with Crippen LogP contribution in [0.25, 0.3) is 10.9 Å². The average Bonchev–Trinajstić information content (AvgIpc) is 2.67. The molecule has 1 aromatic carbocycles. The molecule has 1 aliphatic heterocycles. The van der Waals surface area contributed by atoms with Gasteiger partial charge >= 0.3 is 0 Å². The molecule has 0 bridgehead atoms. The molecular formula is C14H20Cl2N4O. The van der Waals surface area contributed by atoms with Gasteiger partial charge in [-0.05, 0) is 31.6 Å². The van der Waals surface area contributed by atoms with Crippen LogP contribution < -0.4 is 10.9 Å². The minimum atomic E-state index is -0.0476. The number of halogens is 2.